The normalized spacial score (nSPS) is 31.6. The number of fused-ring (bicyclic) bond motifs is 5. The van der Waals surface area contributed by atoms with Gasteiger partial charge in [-0.2, -0.15) is 0 Å². The second-order valence-electron chi connectivity index (χ2n) is 5.59. The molecule has 1 aromatic rings. The first kappa shape index (κ1) is 13.5. The smallest absolute Gasteiger partial charge is 0.197 e. The van der Waals surface area contributed by atoms with Crippen LogP contribution in [0.2, 0.25) is 0 Å². The predicted octanol–water partition coefficient (Wildman–Crippen LogP) is 2.98. The van der Waals surface area contributed by atoms with Crippen LogP contribution in [-0.4, -0.2) is 19.0 Å². The lowest BCUT2D eigenvalue weighted by Crippen LogP contribution is -2.39. The zero-order chi connectivity index (χ0) is 14.8. The molecule has 1 saturated carbocycles. The third-order valence-corrected chi connectivity index (χ3v) is 4.61. The Kier molecular flexibility index (Phi) is 2.73. The molecule has 1 fully saturated rings. The molecule has 3 rings (SSSR count). The Labute approximate surface area is 112 Å². The number of ether oxygens (including phenoxy) is 1. The van der Waals surface area contributed by atoms with Gasteiger partial charge in [-0.25, -0.2) is 17.6 Å². The van der Waals surface area contributed by atoms with Gasteiger partial charge >= 0.3 is 0 Å². The highest BCUT2D eigenvalue weighted by Crippen LogP contribution is 2.55. The number of carbonyl (C=O) groups is 1. The summed E-state index contributed by atoms with van der Waals surface area (Å²) >= 11 is 0. The van der Waals surface area contributed by atoms with E-state index in [1.54, 1.807) is 0 Å². The Morgan fingerprint density at radius 2 is 1.70 bits per heavy atom. The van der Waals surface area contributed by atoms with Crippen LogP contribution in [0.25, 0.3) is 0 Å². The Hall–Kier alpha value is -1.43. The van der Waals surface area contributed by atoms with Gasteiger partial charge in [0.15, 0.2) is 23.3 Å². The number of hydrogen-bond donors (Lipinski definition) is 0. The van der Waals surface area contributed by atoms with Gasteiger partial charge in [-0.05, 0) is 13.3 Å². The van der Waals surface area contributed by atoms with Gasteiger partial charge in [0.2, 0.25) is 0 Å². The van der Waals surface area contributed by atoms with E-state index < -0.39 is 40.7 Å². The minimum atomic E-state index is -1.86. The Morgan fingerprint density at radius 1 is 1.10 bits per heavy atom. The van der Waals surface area contributed by atoms with E-state index in [-0.39, 0.29) is 29.8 Å². The summed E-state index contributed by atoms with van der Waals surface area (Å²) < 4.78 is 60.1. The average Bonchev–Trinajstić information content (AvgIpc) is 2.70. The largest absolute Gasteiger partial charge is 0.380 e. The molecule has 0 heterocycles. The predicted molar refractivity (Wildman–Crippen MR) is 61.4 cm³/mol. The molecule has 0 aromatic heterocycles. The highest BCUT2D eigenvalue weighted by atomic mass is 19.2. The van der Waals surface area contributed by atoms with E-state index in [9.17, 15) is 22.4 Å². The van der Waals surface area contributed by atoms with Crippen molar-refractivity contribution >= 4 is 5.78 Å². The number of hydrogen-bond acceptors (Lipinski definition) is 2. The van der Waals surface area contributed by atoms with E-state index in [2.05, 4.69) is 0 Å². The molecule has 2 bridgehead atoms. The van der Waals surface area contributed by atoms with Gasteiger partial charge in [-0.15, -0.1) is 0 Å². The third kappa shape index (κ3) is 1.40. The molecule has 2 aliphatic carbocycles. The van der Waals surface area contributed by atoms with Crippen molar-refractivity contribution in [3.05, 3.63) is 34.4 Å². The van der Waals surface area contributed by atoms with Gasteiger partial charge < -0.3 is 4.74 Å². The van der Waals surface area contributed by atoms with Crippen molar-refractivity contribution in [2.45, 2.75) is 37.2 Å². The van der Waals surface area contributed by atoms with E-state index in [0.717, 1.165) is 0 Å². The van der Waals surface area contributed by atoms with E-state index >= 15 is 0 Å². The zero-order valence-electron chi connectivity index (χ0n) is 10.9. The summed E-state index contributed by atoms with van der Waals surface area (Å²) in [5.74, 6) is -7.55. The fourth-order valence-electron chi connectivity index (χ4n) is 3.55. The van der Waals surface area contributed by atoms with Crippen molar-refractivity contribution in [3.8, 4) is 0 Å². The molecule has 0 aliphatic heterocycles. The van der Waals surface area contributed by atoms with Crippen molar-refractivity contribution in [1.29, 1.82) is 0 Å². The van der Waals surface area contributed by atoms with Gasteiger partial charge in [0, 0.05) is 30.6 Å². The molecule has 0 saturated heterocycles. The summed E-state index contributed by atoms with van der Waals surface area (Å²) in [6.45, 7) is 1.44. The number of methoxy groups -OCH3 is 1. The van der Waals surface area contributed by atoms with Crippen molar-refractivity contribution in [1.82, 2.24) is 0 Å². The average molecular weight is 288 g/mol. The van der Waals surface area contributed by atoms with Gasteiger partial charge in [0.1, 0.15) is 5.78 Å². The molecule has 0 radical (unpaired) electrons. The minimum Gasteiger partial charge on any atom is -0.380 e. The highest BCUT2D eigenvalue weighted by Gasteiger charge is 2.56. The second-order valence-corrected chi connectivity index (χ2v) is 5.59. The van der Waals surface area contributed by atoms with E-state index in [1.807, 2.05) is 0 Å². The first-order valence-electron chi connectivity index (χ1n) is 6.25. The number of benzene rings is 1. The molecule has 2 aliphatic rings. The van der Waals surface area contributed by atoms with Crippen LogP contribution in [0.5, 0.6) is 0 Å². The standard InChI is InChI=1S/C14H12F4O2/c1-14-4-5(6(20-2)3-7(14)19)8-9(14)11(16)13(18)12(17)10(8)15/h5-6H,3-4H2,1-2H3/t5-,6-,14+/m0/s1. The maximum atomic E-state index is 14.1. The minimum absolute atomic E-state index is 0.0194. The quantitative estimate of drug-likeness (QED) is 0.451. The molecule has 2 nitrogen and oxygen atoms in total. The molecule has 6 heteroatoms. The van der Waals surface area contributed by atoms with Gasteiger partial charge in [0.05, 0.1) is 11.5 Å². The monoisotopic (exact) mass is 288 g/mol. The van der Waals surface area contributed by atoms with E-state index in [0.29, 0.717) is 0 Å². The molecule has 20 heavy (non-hydrogen) atoms. The first-order chi connectivity index (χ1) is 9.32. The number of carbonyl (C=O) groups excluding carboxylic acids is 1. The lowest BCUT2D eigenvalue weighted by molar-refractivity contribution is -0.130. The van der Waals surface area contributed by atoms with Crippen LogP contribution in [0.3, 0.4) is 0 Å². The van der Waals surface area contributed by atoms with Crippen molar-refractivity contribution in [2.24, 2.45) is 0 Å². The lowest BCUT2D eigenvalue weighted by Gasteiger charge is -2.33. The zero-order valence-corrected chi connectivity index (χ0v) is 10.9. The van der Waals surface area contributed by atoms with Gasteiger partial charge in [0.25, 0.3) is 0 Å². The van der Waals surface area contributed by atoms with Crippen molar-refractivity contribution in [3.63, 3.8) is 0 Å². The van der Waals surface area contributed by atoms with Crippen LogP contribution >= 0.6 is 0 Å². The van der Waals surface area contributed by atoms with Crippen LogP contribution in [0, 0.1) is 23.3 Å². The van der Waals surface area contributed by atoms with Crippen LogP contribution in [0.15, 0.2) is 0 Å². The second kappa shape index (κ2) is 4.04. The van der Waals surface area contributed by atoms with Crippen LogP contribution in [0.1, 0.15) is 36.8 Å². The lowest BCUT2D eigenvalue weighted by atomic mass is 9.72. The summed E-state index contributed by atoms with van der Waals surface area (Å²) in [7, 11) is 1.35. The maximum Gasteiger partial charge on any atom is 0.197 e. The Morgan fingerprint density at radius 3 is 2.30 bits per heavy atom. The Bertz CT molecular complexity index is 628. The number of ketones is 1. The van der Waals surface area contributed by atoms with Gasteiger partial charge in [-0.1, -0.05) is 0 Å². The number of halogens is 4. The first-order valence-corrected chi connectivity index (χ1v) is 6.25. The fraction of sp³-hybridized carbons (Fsp3) is 0.500. The van der Waals surface area contributed by atoms with Crippen molar-refractivity contribution in [2.75, 3.05) is 7.11 Å². The fourth-order valence-corrected chi connectivity index (χ4v) is 3.55. The summed E-state index contributed by atoms with van der Waals surface area (Å²) in [5.41, 5.74) is -1.90. The Balaban J connectivity index is 2.36. The molecular formula is C14H12F4O2. The third-order valence-electron chi connectivity index (χ3n) is 4.61. The maximum absolute atomic E-state index is 14.1. The molecular weight excluding hydrogens is 276 g/mol. The van der Waals surface area contributed by atoms with Crippen LogP contribution in [-0.2, 0) is 14.9 Å². The highest BCUT2D eigenvalue weighted by molar-refractivity contribution is 5.93. The number of Topliss-reactive ketones (excluding diaryl/α,β-unsaturated/α-hetero) is 1. The van der Waals surface area contributed by atoms with Crippen molar-refractivity contribution < 1.29 is 27.1 Å². The SMILES string of the molecule is CO[C@H]1CC(=O)[C@@]2(C)C[C@@H]1c1c(F)c(F)c(F)c(F)c12. The molecule has 0 spiro atoms. The van der Waals surface area contributed by atoms with E-state index in [1.165, 1.54) is 14.0 Å². The summed E-state index contributed by atoms with van der Waals surface area (Å²) in [5, 5.41) is 0. The summed E-state index contributed by atoms with van der Waals surface area (Å²) in [6, 6.07) is 0. The molecule has 0 N–H and O–H groups in total. The summed E-state index contributed by atoms with van der Waals surface area (Å²) in [6.07, 6.45) is -0.555. The molecule has 0 unspecified atom stereocenters. The number of rotatable bonds is 1. The van der Waals surface area contributed by atoms with Crippen LogP contribution < -0.4 is 0 Å². The van der Waals surface area contributed by atoms with E-state index in [4.69, 9.17) is 4.74 Å². The van der Waals surface area contributed by atoms with Gasteiger partial charge in [-0.3, -0.25) is 4.79 Å². The van der Waals surface area contributed by atoms with Crippen LogP contribution in [0.4, 0.5) is 17.6 Å². The molecule has 108 valence electrons. The molecule has 3 atom stereocenters. The molecule has 0 amide bonds. The summed E-state index contributed by atoms with van der Waals surface area (Å²) in [4.78, 5) is 12.2. The molecule has 1 aromatic carbocycles. The topological polar surface area (TPSA) is 26.3 Å².